The summed E-state index contributed by atoms with van der Waals surface area (Å²) in [4.78, 5) is 10.7. The number of ether oxygens (including phenoxy) is 1. The molecule has 2 rings (SSSR count). The molecule has 0 radical (unpaired) electrons. The summed E-state index contributed by atoms with van der Waals surface area (Å²) in [6.07, 6.45) is 2.14. The van der Waals surface area contributed by atoms with E-state index in [0.717, 1.165) is 26.0 Å². The summed E-state index contributed by atoms with van der Waals surface area (Å²) in [6.45, 7) is 5.58. The van der Waals surface area contributed by atoms with E-state index in [1.165, 1.54) is 6.07 Å². The SMILES string of the molecule is CC(NCC1(C)CCCO1)c1ccc(C(=O)O)o1. The van der Waals surface area contributed by atoms with E-state index in [4.69, 9.17) is 14.3 Å². The Morgan fingerprint density at radius 3 is 2.94 bits per heavy atom. The smallest absolute Gasteiger partial charge is 0.371 e. The first-order valence-electron chi connectivity index (χ1n) is 6.20. The number of nitrogens with one attached hydrogen (secondary N) is 1. The quantitative estimate of drug-likeness (QED) is 0.841. The third-order valence-electron chi connectivity index (χ3n) is 3.35. The van der Waals surface area contributed by atoms with Crippen molar-refractivity contribution in [2.45, 2.75) is 38.3 Å². The van der Waals surface area contributed by atoms with Crippen LogP contribution in [0, 0.1) is 0 Å². The maximum Gasteiger partial charge on any atom is 0.371 e. The van der Waals surface area contributed by atoms with Crippen LogP contribution in [0.4, 0.5) is 0 Å². The van der Waals surface area contributed by atoms with Crippen LogP contribution in [0.25, 0.3) is 0 Å². The molecule has 1 aliphatic rings. The Morgan fingerprint density at radius 2 is 2.39 bits per heavy atom. The van der Waals surface area contributed by atoms with Gasteiger partial charge in [0.15, 0.2) is 0 Å². The summed E-state index contributed by atoms with van der Waals surface area (Å²) < 4.78 is 10.9. The first-order chi connectivity index (χ1) is 8.50. The summed E-state index contributed by atoms with van der Waals surface area (Å²) >= 11 is 0. The monoisotopic (exact) mass is 253 g/mol. The molecular formula is C13H19NO4. The Labute approximate surface area is 106 Å². The van der Waals surface area contributed by atoms with E-state index in [1.807, 2.05) is 6.92 Å². The van der Waals surface area contributed by atoms with Gasteiger partial charge in [-0.25, -0.2) is 4.79 Å². The van der Waals surface area contributed by atoms with Crippen molar-refractivity contribution in [3.63, 3.8) is 0 Å². The second kappa shape index (κ2) is 5.12. The standard InChI is InChI=1S/C13H19NO4/c1-9(10-4-5-11(18-10)12(15)16)14-8-13(2)6-3-7-17-13/h4-5,9,14H,3,6-8H2,1-2H3,(H,15,16). The molecule has 0 aliphatic carbocycles. The fraction of sp³-hybridized carbons (Fsp3) is 0.615. The zero-order chi connectivity index (χ0) is 13.2. The van der Waals surface area contributed by atoms with Crippen LogP contribution in [-0.4, -0.2) is 29.8 Å². The van der Waals surface area contributed by atoms with Crippen LogP contribution in [0.15, 0.2) is 16.5 Å². The lowest BCUT2D eigenvalue weighted by molar-refractivity contribution is 0.0186. The molecule has 2 unspecified atom stereocenters. The van der Waals surface area contributed by atoms with Crippen molar-refractivity contribution in [3.8, 4) is 0 Å². The topological polar surface area (TPSA) is 71.7 Å². The van der Waals surface area contributed by atoms with Crippen LogP contribution >= 0.6 is 0 Å². The molecule has 5 heteroatoms. The first kappa shape index (κ1) is 13.1. The average Bonchev–Trinajstić information content (AvgIpc) is 2.95. The van der Waals surface area contributed by atoms with Crippen molar-refractivity contribution in [1.29, 1.82) is 0 Å². The number of hydrogen-bond donors (Lipinski definition) is 2. The Hall–Kier alpha value is -1.33. The molecule has 18 heavy (non-hydrogen) atoms. The van der Waals surface area contributed by atoms with Crippen molar-refractivity contribution in [1.82, 2.24) is 5.32 Å². The van der Waals surface area contributed by atoms with Gasteiger partial charge >= 0.3 is 5.97 Å². The van der Waals surface area contributed by atoms with Gasteiger partial charge in [0.25, 0.3) is 0 Å². The van der Waals surface area contributed by atoms with Gasteiger partial charge in [0.2, 0.25) is 5.76 Å². The van der Waals surface area contributed by atoms with E-state index in [1.54, 1.807) is 6.07 Å². The van der Waals surface area contributed by atoms with Crippen molar-refractivity contribution < 1.29 is 19.1 Å². The van der Waals surface area contributed by atoms with Crippen LogP contribution < -0.4 is 5.32 Å². The number of furan rings is 1. The summed E-state index contributed by atoms with van der Waals surface area (Å²) in [6, 6.07) is 3.14. The van der Waals surface area contributed by atoms with Crippen molar-refractivity contribution in [2.24, 2.45) is 0 Å². The molecule has 1 fully saturated rings. The molecule has 0 amide bonds. The van der Waals surface area contributed by atoms with Gasteiger partial charge in [0.1, 0.15) is 5.76 Å². The molecule has 5 nitrogen and oxygen atoms in total. The number of hydrogen-bond acceptors (Lipinski definition) is 4. The molecule has 0 aromatic carbocycles. The van der Waals surface area contributed by atoms with Crippen molar-refractivity contribution >= 4 is 5.97 Å². The summed E-state index contributed by atoms with van der Waals surface area (Å²) in [5.41, 5.74) is -0.115. The molecule has 1 aromatic heterocycles. The van der Waals surface area contributed by atoms with Crippen LogP contribution in [0.1, 0.15) is 49.0 Å². The first-order valence-corrected chi connectivity index (χ1v) is 6.20. The molecule has 1 aliphatic heterocycles. The molecule has 2 heterocycles. The molecule has 0 saturated carbocycles. The highest BCUT2D eigenvalue weighted by atomic mass is 16.5. The molecule has 1 saturated heterocycles. The third-order valence-corrected chi connectivity index (χ3v) is 3.35. The Kier molecular flexibility index (Phi) is 3.73. The molecule has 0 spiro atoms. The maximum atomic E-state index is 10.7. The minimum atomic E-state index is -1.04. The minimum absolute atomic E-state index is 0.0259. The van der Waals surface area contributed by atoms with Crippen molar-refractivity contribution in [3.05, 3.63) is 23.7 Å². The third kappa shape index (κ3) is 2.91. The predicted molar refractivity (Wildman–Crippen MR) is 65.7 cm³/mol. The number of rotatable bonds is 5. The summed E-state index contributed by atoms with van der Waals surface area (Å²) in [5, 5.41) is 12.1. The van der Waals surface area contributed by atoms with Gasteiger partial charge in [-0.1, -0.05) is 0 Å². The lowest BCUT2D eigenvalue weighted by Crippen LogP contribution is -2.38. The molecule has 100 valence electrons. The zero-order valence-electron chi connectivity index (χ0n) is 10.7. The van der Waals surface area contributed by atoms with Gasteiger partial charge in [0, 0.05) is 13.2 Å². The highest BCUT2D eigenvalue weighted by molar-refractivity contribution is 5.84. The van der Waals surface area contributed by atoms with E-state index in [0.29, 0.717) is 5.76 Å². The van der Waals surface area contributed by atoms with Crippen LogP contribution in [0.3, 0.4) is 0 Å². The Balaban J connectivity index is 1.90. The number of carbonyl (C=O) groups is 1. The highest BCUT2D eigenvalue weighted by Gasteiger charge is 2.30. The number of aromatic carboxylic acids is 1. The molecular weight excluding hydrogens is 234 g/mol. The van der Waals surface area contributed by atoms with Crippen molar-refractivity contribution in [2.75, 3.05) is 13.2 Å². The summed E-state index contributed by atoms with van der Waals surface area (Å²) in [5.74, 6) is -0.435. The van der Waals surface area contributed by atoms with Gasteiger partial charge in [-0.15, -0.1) is 0 Å². The second-order valence-electron chi connectivity index (χ2n) is 5.01. The summed E-state index contributed by atoms with van der Waals surface area (Å²) in [7, 11) is 0. The zero-order valence-corrected chi connectivity index (χ0v) is 10.7. The number of carboxylic acid groups (broad SMARTS) is 1. The van der Waals surface area contributed by atoms with E-state index in [2.05, 4.69) is 12.2 Å². The van der Waals surface area contributed by atoms with Gasteiger partial charge in [0.05, 0.1) is 11.6 Å². The highest BCUT2D eigenvalue weighted by Crippen LogP contribution is 2.25. The molecule has 2 atom stereocenters. The van der Waals surface area contributed by atoms with Crippen LogP contribution in [0.2, 0.25) is 0 Å². The van der Waals surface area contributed by atoms with Crippen LogP contribution in [0.5, 0.6) is 0 Å². The largest absolute Gasteiger partial charge is 0.475 e. The van der Waals surface area contributed by atoms with E-state index in [-0.39, 0.29) is 17.4 Å². The maximum absolute atomic E-state index is 10.7. The molecule has 1 aromatic rings. The minimum Gasteiger partial charge on any atom is -0.475 e. The molecule has 2 N–H and O–H groups in total. The van der Waals surface area contributed by atoms with Gasteiger partial charge in [-0.3, -0.25) is 0 Å². The van der Waals surface area contributed by atoms with E-state index in [9.17, 15) is 4.79 Å². The van der Waals surface area contributed by atoms with E-state index >= 15 is 0 Å². The van der Waals surface area contributed by atoms with E-state index < -0.39 is 5.97 Å². The fourth-order valence-electron chi connectivity index (χ4n) is 2.15. The van der Waals surface area contributed by atoms with Gasteiger partial charge in [-0.2, -0.15) is 0 Å². The lowest BCUT2D eigenvalue weighted by atomic mass is 10.0. The fourth-order valence-corrected chi connectivity index (χ4v) is 2.15. The average molecular weight is 253 g/mol. The predicted octanol–water partition coefficient (Wildman–Crippen LogP) is 2.20. The molecule has 0 bridgehead atoms. The Bertz CT molecular complexity index is 420. The lowest BCUT2D eigenvalue weighted by Gasteiger charge is -2.25. The van der Waals surface area contributed by atoms with Gasteiger partial charge < -0.3 is 19.6 Å². The Morgan fingerprint density at radius 1 is 1.61 bits per heavy atom. The number of carboxylic acids is 1. The van der Waals surface area contributed by atoms with Crippen LogP contribution in [-0.2, 0) is 4.74 Å². The normalized spacial score (nSPS) is 25.2. The second-order valence-corrected chi connectivity index (χ2v) is 5.01. The van der Waals surface area contributed by atoms with Gasteiger partial charge in [-0.05, 0) is 38.8 Å².